The van der Waals surface area contributed by atoms with Gasteiger partial charge < -0.3 is 10.1 Å². The molecule has 0 spiro atoms. The average molecular weight is 417 g/mol. The number of methoxy groups -OCH3 is 1. The Morgan fingerprint density at radius 1 is 1.15 bits per heavy atom. The van der Waals surface area contributed by atoms with Gasteiger partial charge in [-0.25, -0.2) is 8.42 Å². The summed E-state index contributed by atoms with van der Waals surface area (Å²) in [6, 6.07) is 9.82. The van der Waals surface area contributed by atoms with Crippen molar-refractivity contribution in [2.75, 3.05) is 7.11 Å². The van der Waals surface area contributed by atoms with Crippen LogP contribution >= 0.6 is 23.2 Å². The van der Waals surface area contributed by atoms with Crippen LogP contribution in [0.2, 0.25) is 10.0 Å². The topological polar surface area (TPSA) is 84.5 Å². The van der Waals surface area contributed by atoms with Gasteiger partial charge in [0.1, 0.15) is 5.75 Å². The lowest BCUT2D eigenvalue weighted by molar-refractivity contribution is -0.122. The average Bonchev–Trinajstić information content (AvgIpc) is 2.60. The van der Waals surface area contributed by atoms with Crippen LogP contribution in [0.25, 0.3) is 0 Å². The van der Waals surface area contributed by atoms with Crippen LogP contribution in [0.3, 0.4) is 0 Å². The first-order valence-electron chi connectivity index (χ1n) is 7.61. The van der Waals surface area contributed by atoms with Crippen LogP contribution in [0.15, 0.2) is 47.4 Å². The van der Waals surface area contributed by atoms with Gasteiger partial charge >= 0.3 is 0 Å². The van der Waals surface area contributed by atoms with Crippen molar-refractivity contribution in [3.05, 3.63) is 58.1 Å². The van der Waals surface area contributed by atoms with E-state index in [9.17, 15) is 13.2 Å². The molecule has 6 nitrogen and oxygen atoms in total. The van der Waals surface area contributed by atoms with Crippen molar-refractivity contribution < 1.29 is 17.9 Å². The number of rotatable bonds is 7. The number of hydrogen-bond acceptors (Lipinski definition) is 4. The highest BCUT2D eigenvalue weighted by Crippen LogP contribution is 2.20. The number of carbonyl (C=O) groups is 1. The summed E-state index contributed by atoms with van der Waals surface area (Å²) in [6.45, 7) is 1.61. The zero-order chi connectivity index (χ0) is 19.3. The molecule has 2 aromatic carbocycles. The van der Waals surface area contributed by atoms with E-state index in [0.717, 1.165) is 0 Å². The Labute approximate surface area is 162 Å². The van der Waals surface area contributed by atoms with Gasteiger partial charge in [0.2, 0.25) is 15.9 Å². The van der Waals surface area contributed by atoms with Gasteiger partial charge in [-0.15, -0.1) is 0 Å². The number of ether oxygens (including phenoxy) is 1. The van der Waals surface area contributed by atoms with E-state index >= 15 is 0 Å². The molecule has 2 N–H and O–H groups in total. The van der Waals surface area contributed by atoms with Crippen LogP contribution in [-0.2, 0) is 21.4 Å². The molecule has 0 saturated carbocycles. The summed E-state index contributed by atoms with van der Waals surface area (Å²) < 4.78 is 32.0. The van der Waals surface area contributed by atoms with Crippen molar-refractivity contribution >= 4 is 39.1 Å². The van der Waals surface area contributed by atoms with Gasteiger partial charge in [-0.3, -0.25) is 4.79 Å². The molecule has 0 bridgehead atoms. The maximum Gasteiger partial charge on any atom is 0.241 e. The Balaban J connectivity index is 1.98. The Kier molecular flexibility index (Phi) is 6.88. The van der Waals surface area contributed by atoms with Crippen molar-refractivity contribution in [3.63, 3.8) is 0 Å². The molecular formula is C17H18Cl2N2O4S. The summed E-state index contributed by atoms with van der Waals surface area (Å²) >= 11 is 11.9. The van der Waals surface area contributed by atoms with Gasteiger partial charge in [0, 0.05) is 16.6 Å². The SMILES string of the molecule is COc1ccc(S(=O)(=O)N[C@H](C)C(=O)NCc2ccc(Cl)cc2Cl)cc1. The quantitative estimate of drug-likeness (QED) is 0.726. The van der Waals surface area contributed by atoms with Gasteiger partial charge in [-0.2, -0.15) is 4.72 Å². The lowest BCUT2D eigenvalue weighted by Crippen LogP contribution is -2.44. The molecule has 0 fully saturated rings. The van der Waals surface area contributed by atoms with Gasteiger partial charge in [-0.1, -0.05) is 29.3 Å². The molecule has 0 saturated heterocycles. The molecule has 0 unspecified atom stereocenters. The fourth-order valence-electron chi connectivity index (χ4n) is 2.11. The van der Waals surface area contributed by atoms with Gasteiger partial charge in [0.05, 0.1) is 18.0 Å². The molecule has 1 atom stereocenters. The Morgan fingerprint density at radius 2 is 1.81 bits per heavy atom. The van der Waals surface area contributed by atoms with Crippen LogP contribution in [0, 0.1) is 0 Å². The number of benzene rings is 2. The molecule has 0 aliphatic rings. The van der Waals surface area contributed by atoms with E-state index in [1.807, 2.05) is 0 Å². The second-order valence-corrected chi connectivity index (χ2v) is 8.03. The third kappa shape index (κ3) is 5.35. The number of nitrogens with one attached hydrogen (secondary N) is 2. The van der Waals surface area contributed by atoms with E-state index in [0.29, 0.717) is 21.4 Å². The highest BCUT2D eigenvalue weighted by Gasteiger charge is 2.22. The molecule has 9 heteroatoms. The maximum atomic E-state index is 12.3. The van der Waals surface area contributed by atoms with E-state index in [4.69, 9.17) is 27.9 Å². The summed E-state index contributed by atoms with van der Waals surface area (Å²) in [5.74, 6) is 0.0580. The summed E-state index contributed by atoms with van der Waals surface area (Å²) in [4.78, 5) is 12.2. The highest BCUT2D eigenvalue weighted by molar-refractivity contribution is 7.89. The van der Waals surface area contributed by atoms with Crippen molar-refractivity contribution in [1.29, 1.82) is 0 Å². The molecule has 0 aromatic heterocycles. The molecule has 140 valence electrons. The Bertz CT molecular complexity index is 886. The predicted octanol–water partition coefficient (Wildman–Crippen LogP) is 2.99. The minimum absolute atomic E-state index is 0.0405. The summed E-state index contributed by atoms with van der Waals surface area (Å²) in [5.41, 5.74) is 0.676. The first-order chi connectivity index (χ1) is 12.2. The Morgan fingerprint density at radius 3 is 2.38 bits per heavy atom. The Hall–Kier alpha value is -1.80. The normalized spacial score (nSPS) is 12.5. The summed E-state index contributed by atoms with van der Waals surface area (Å²) in [6.07, 6.45) is 0. The van der Waals surface area contributed by atoms with Gasteiger partial charge in [0.25, 0.3) is 0 Å². The number of sulfonamides is 1. The number of halogens is 2. The van der Waals surface area contributed by atoms with Crippen LogP contribution in [-0.4, -0.2) is 27.5 Å². The standard InChI is InChI=1S/C17H18Cl2N2O4S/c1-11(17(22)20-10-12-3-4-13(18)9-16(12)19)21-26(23,24)15-7-5-14(25-2)6-8-15/h3-9,11,21H,10H2,1-2H3,(H,20,22)/t11-/m1/s1. The first kappa shape index (κ1) is 20.5. The van der Waals surface area contributed by atoms with E-state index in [-0.39, 0.29) is 11.4 Å². The molecule has 2 aromatic rings. The number of carbonyl (C=O) groups excluding carboxylic acids is 1. The molecule has 1 amide bonds. The highest BCUT2D eigenvalue weighted by atomic mass is 35.5. The van der Waals surface area contributed by atoms with Crippen LogP contribution < -0.4 is 14.8 Å². The minimum atomic E-state index is -3.84. The largest absolute Gasteiger partial charge is 0.497 e. The zero-order valence-corrected chi connectivity index (χ0v) is 16.5. The van der Waals surface area contributed by atoms with Crippen molar-refractivity contribution in [2.45, 2.75) is 24.4 Å². The molecule has 0 aliphatic heterocycles. The maximum absolute atomic E-state index is 12.3. The van der Waals surface area contributed by atoms with Gasteiger partial charge in [-0.05, 0) is 48.9 Å². The fraction of sp³-hybridized carbons (Fsp3) is 0.235. The molecule has 26 heavy (non-hydrogen) atoms. The second kappa shape index (κ2) is 8.73. The second-order valence-electron chi connectivity index (χ2n) is 5.47. The van der Waals surface area contributed by atoms with Crippen LogP contribution in [0.4, 0.5) is 0 Å². The lowest BCUT2D eigenvalue weighted by atomic mass is 10.2. The monoisotopic (exact) mass is 416 g/mol. The minimum Gasteiger partial charge on any atom is -0.497 e. The lowest BCUT2D eigenvalue weighted by Gasteiger charge is -2.15. The first-order valence-corrected chi connectivity index (χ1v) is 9.85. The molecule has 0 aliphatic carbocycles. The van der Waals surface area contributed by atoms with Crippen LogP contribution in [0.5, 0.6) is 5.75 Å². The number of amides is 1. The third-order valence-corrected chi connectivity index (χ3v) is 5.71. The van der Waals surface area contributed by atoms with E-state index in [1.54, 1.807) is 18.2 Å². The zero-order valence-electron chi connectivity index (χ0n) is 14.1. The number of hydrogen-bond donors (Lipinski definition) is 2. The smallest absolute Gasteiger partial charge is 0.241 e. The predicted molar refractivity (Wildman–Crippen MR) is 101 cm³/mol. The molecule has 2 rings (SSSR count). The van der Waals surface area contributed by atoms with Crippen molar-refractivity contribution in [3.8, 4) is 5.75 Å². The van der Waals surface area contributed by atoms with Crippen molar-refractivity contribution in [2.24, 2.45) is 0 Å². The molecular weight excluding hydrogens is 399 g/mol. The molecule has 0 radical (unpaired) electrons. The van der Waals surface area contributed by atoms with E-state index in [1.165, 1.54) is 38.3 Å². The molecule has 0 heterocycles. The summed E-state index contributed by atoms with van der Waals surface area (Å²) in [7, 11) is -2.35. The fourth-order valence-corrected chi connectivity index (χ4v) is 3.79. The summed E-state index contributed by atoms with van der Waals surface area (Å²) in [5, 5.41) is 3.55. The van der Waals surface area contributed by atoms with E-state index < -0.39 is 22.0 Å². The van der Waals surface area contributed by atoms with E-state index in [2.05, 4.69) is 10.0 Å². The van der Waals surface area contributed by atoms with Gasteiger partial charge in [0.15, 0.2) is 0 Å². The van der Waals surface area contributed by atoms with Crippen molar-refractivity contribution in [1.82, 2.24) is 10.0 Å². The third-order valence-electron chi connectivity index (χ3n) is 3.56. The van der Waals surface area contributed by atoms with Crippen LogP contribution in [0.1, 0.15) is 12.5 Å².